The van der Waals surface area contributed by atoms with Crippen LogP contribution in [0.2, 0.25) is 0 Å². The summed E-state index contributed by atoms with van der Waals surface area (Å²) in [6.07, 6.45) is 7.20. The summed E-state index contributed by atoms with van der Waals surface area (Å²) in [5.41, 5.74) is 1.81. The normalized spacial score (nSPS) is 26.0. The molecule has 2 saturated heterocycles. The molecule has 0 saturated carbocycles. The van der Waals surface area contributed by atoms with Gasteiger partial charge in [0, 0.05) is 23.5 Å². The van der Waals surface area contributed by atoms with Crippen LogP contribution in [0.4, 0.5) is 5.69 Å². The highest BCUT2D eigenvalue weighted by Crippen LogP contribution is 2.32. The number of fused-ring (bicyclic) bond motifs is 1. The minimum Gasteiger partial charge on any atom is -0.380 e. The molecule has 2 fully saturated rings. The number of nitriles is 1. The third-order valence-corrected chi connectivity index (χ3v) is 5.33. The zero-order valence-electron chi connectivity index (χ0n) is 11.9. The third kappa shape index (κ3) is 2.53. The molecule has 2 aliphatic rings. The molecular weight excluding hydrogens is 266 g/mol. The largest absolute Gasteiger partial charge is 0.380 e. The summed E-state index contributed by atoms with van der Waals surface area (Å²) in [6.45, 7) is 2.45. The Morgan fingerprint density at radius 3 is 3.00 bits per heavy atom. The van der Waals surface area contributed by atoms with E-state index in [9.17, 15) is 5.26 Å². The predicted molar refractivity (Wildman–Crippen MR) is 84.2 cm³/mol. The maximum atomic E-state index is 9.42. The van der Waals surface area contributed by atoms with Crippen LogP contribution >= 0.6 is 11.8 Å². The topological polar surface area (TPSA) is 39.1 Å². The Morgan fingerprint density at radius 1 is 1.30 bits per heavy atom. The maximum Gasteiger partial charge on any atom is 0.102 e. The lowest BCUT2D eigenvalue weighted by molar-refractivity contribution is 0.193. The summed E-state index contributed by atoms with van der Waals surface area (Å²) >= 11 is 1.64. The molecule has 0 bridgehead atoms. The van der Waals surface area contributed by atoms with Gasteiger partial charge in [-0.15, -0.1) is 11.8 Å². The van der Waals surface area contributed by atoms with Gasteiger partial charge in [-0.2, -0.15) is 5.26 Å². The fourth-order valence-electron chi connectivity index (χ4n) is 3.55. The molecule has 3 nitrogen and oxygen atoms in total. The number of nitrogens with zero attached hydrogens (tertiary/aromatic N) is 2. The number of anilines is 1. The van der Waals surface area contributed by atoms with E-state index < -0.39 is 0 Å². The average Bonchev–Trinajstić information content (AvgIpc) is 2.90. The first-order valence-corrected chi connectivity index (χ1v) is 8.63. The Bertz CT molecular complexity index is 523. The van der Waals surface area contributed by atoms with Crippen LogP contribution in [-0.2, 0) is 0 Å². The van der Waals surface area contributed by atoms with Crippen molar-refractivity contribution < 1.29 is 0 Å². The van der Waals surface area contributed by atoms with Crippen molar-refractivity contribution in [3.05, 3.63) is 23.8 Å². The van der Waals surface area contributed by atoms with Crippen LogP contribution in [0.5, 0.6) is 0 Å². The van der Waals surface area contributed by atoms with Gasteiger partial charge < -0.3 is 5.32 Å². The van der Waals surface area contributed by atoms with Crippen molar-refractivity contribution in [1.82, 2.24) is 4.90 Å². The number of piperidine rings is 1. The summed E-state index contributed by atoms with van der Waals surface area (Å²) in [7, 11) is 0. The number of rotatable bonds is 3. The first-order chi connectivity index (χ1) is 9.83. The van der Waals surface area contributed by atoms with Crippen LogP contribution in [0, 0.1) is 11.3 Å². The van der Waals surface area contributed by atoms with Crippen molar-refractivity contribution in [2.45, 2.75) is 42.7 Å². The average molecular weight is 287 g/mol. The van der Waals surface area contributed by atoms with Crippen molar-refractivity contribution in [3.8, 4) is 6.07 Å². The van der Waals surface area contributed by atoms with Crippen molar-refractivity contribution in [1.29, 1.82) is 5.26 Å². The van der Waals surface area contributed by atoms with E-state index >= 15 is 0 Å². The van der Waals surface area contributed by atoms with Crippen LogP contribution in [-0.4, -0.2) is 36.3 Å². The monoisotopic (exact) mass is 287 g/mol. The van der Waals surface area contributed by atoms with Gasteiger partial charge >= 0.3 is 0 Å². The number of hydrogen-bond donors (Lipinski definition) is 1. The van der Waals surface area contributed by atoms with E-state index in [1.807, 2.05) is 24.5 Å². The van der Waals surface area contributed by atoms with Crippen molar-refractivity contribution in [2.24, 2.45) is 0 Å². The summed E-state index contributed by atoms with van der Waals surface area (Å²) in [4.78, 5) is 3.68. The predicted octanol–water partition coefficient (Wildman–Crippen LogP) is 3.32. The van der Waals surface area contributed by atoms with E-state index in [1.165, 1.54) is 38.8 Å². The van der Waals surface area contributed by atoms with Crippen LogP contribution in [0.15, 0.2) is 23.1 Å². The van der Waals surface area contributed by atoms with Gasteiger partial charge in [0.05, 0.1) is 11.3 Å². The van der Waals surface area contributed by atoms with E-state index in [-0.39, 0.29) is 0 Å². The summed E-state index contributed by atoms with van der Waals surface area (Å²) in [5, 5.41) is 13.1. The van der Waals surface area contributed by atoms with Gasteiger partial charge in [-0.1, -0.05) is 12.5 Å². The molecule has 0 radical (unpaired) electrons. The second kappa shape index (κ2) is 6.07. The summed E-state index contributed by atoms with van der Waals surface area (Å²) < 4.78 is 0. The Labute approximate surface area is 125 Å². The summed E-state index contributed by atoms with van der Waals surface area (Å²) in [6, 6.07) is 9.64. The molecule has 1 aromatic rings. The Hall–Kier alpha value is -1.18. The quantitative estimate of drug-likeness (QED) is 0.866. The smallest absolute Gasteiger partial charge is 0.102 e. The minimum atomic E-state index is 0.500. The van der Waals surface area contributed by atoms with Crippen LogP contribution in [0.1, 0.15) is 31.2 Å². The van der Waals surface area contributed by atoms with E-state index in [4.69, 9.17) is 0 Å². The maximum absolute atomic E-state index is 9.42. The molecular formula is C16H21N3S. The molecule has 1 aromatic carbocycles. The van der Waals surface area contributed by atoms with Gasteiger partial charge in [0.1, 0.15) is 6.07 Å². The first kappa shape index (κ1) is 13.8. The van der Waals surface area contributed by atoms with Crippen LogP contribution < -0.4 is 5.32 Å². The van der Waals surface area contributed by atoms with Crippen molar-refractivity contribution in [3.63, 3.8) is 0 Å². The number of benzene rings is 1. The molecule has 2 heterocycles. The molecule has 2 atom stereocenters. The van der Waals surface area contributed by atoms with Gasteiger partial charge in [0.2, 0.25) is 0 Å². The SMILES string of the molecule is CSc1cccc(NC2CCN3CCCCC23)c1C#N. The molecule has 4 heteroatoms. The molecule has 0 spiro atoms. The lowest BCUT2D eigenvalue weighted by Crippen LogP contribution is -2.41. The van der Waals surface area contributed by atoms with Gasteiger partial charge in [-0.3, -0.25) is 4.90 Å². The Morgan fingerprint density at radius 2 is 2.20 bits per heavy atom. The van der Waals surface area contributed by atoms with E-state index in [0.717, 1.165) is 16.1 Å². The fraction of sp³-hybridized carbons (Fsp3) is 0.562. The number of hydrogen-bond acceptors (Lipinski definition) is 4. The fourth-order valence-corrected chi connectivity index (χ4v) is 4.13. The zero-order chi connectivity index (χ0) is 13.9. The molecule has 2 aliphatic heterocycles. The molecule has 20 heavy (non-hydrogen) atoms. The highest BCUT2D eigenvalue weighted by Gasteiger charge is 2.35. The van der Waals surface area contributed by atoms with Crippen molar-refractivity contribution >= 4 is 17.4 Å². The van der Waals surface area contributed by atoms with E-state index in [2.05, 4.69) is 16.3 Å². The molecule has 106 valence electrons. The second-order valence-electron chi connectivity index (χ2n) is 5.63. The van der Waals surface area contributed by atoms with Crippen LogP contribution in [0.3, 0.4) is 0 Å². The van der Waals surface area contributed by atoms with E-state index in [0.29, 0.717) is 12.1 Å². The first-order valence-electron chi connectivity index (χ1n) is 7.41. The summed E-state index contributed by atoms with van der Waals surface area (Å²) in [5.74, 6) is 0. The Balaban J connectivity index is 1.80. The minimum absolute atomic E-state index is 0.500. The molecule has 0 aromatic heterocycles. The van der Waals surface area contributed by atoms with Crippen molar-refractivity contribution in [2.75, 3.05) is 24.7 Å². The second-order valence-corrected chi connectivity index (χ2v) is 6.48. The lowest BCUT2D eigenvalue weighted by Gasteiger charge is -2.33. The third-order valence-electron chi connectivity index (χ3n) is 4.55. The highest BCUT2D eigenvalue weighted by molar-refractivity contribution is 7.98. The number of thioether (sulfide) groups is 1. The van der Waals surface area contributed by atoms with Gasteiger partial charge in [-0.05, 0) is 44.2 Å². The molecule has 2 unspecified atom stereocenters. The lowest BCUT2D eigenvalue weighted by atomic mass is 9.98. The highest BCUT2D eigenvalue weighted by atomic mass is 32.2. The molecule has 3 rings (SSSR count). The van der Waals surface area contributed by atoms with Gasteiger partial charge in [0.25, 0.3) is 0 Å². The van der Waals surface area contributed by atoms with Gasteiger partial charge in [0.15, 0.2) is 0 Å². The molecule has 0 amide bonds. The molecule has 0 aliphatic carbocycles. The van der Waals surface area contributed by atoms with Crippen LogP contribution in [0.25, 0.3) is 0 Å². The zero-order valence-corrected chi connectivity index (χ0v) is 12.7. The number of nitrogens with one attached hydrogen (secondary N) is 1. The van der Waals surface area contributed by atoms with Gasteiger partial charge in [-0.25, -0.2) is 0 Å². The standard InChI is InChI=1S/C16H21N3S/c1-20-16-7-4-5-13(12(16)11-17)18-14-8-10-19-9-3-2-6-15(14)19/h4-5,7,14-15,18H,2-3,6,8-10H2,1H3. The van der Waals surface area contributed by atoms with E-state index in [1.54, 1.807) is 11.8 Å². The Kier molecular flexibility index (Phi) is 4.18. The molecule has 1 N–H and O–H groups in total.